The normalized spacial score (nSPS) is 21.7. The minimum Gasteiger partial charge on any atom is -0.395 e. The summed E-state index contributed by atoms with van der Waals surface area (Å²) in [6.07, 6.45) is 8.49. The standard InChI is InChI=1S/C29H37N5O5S/c35-14-16-40(36,37)32-23-5-6-25-27(18-23)33-12-8-24(9-13-33)38-15-2-4-21-3-1-11-34(20-21)29-17-22(7-10-30-29)26-19-28(25)39-31-26/h5-7,10,17-19,21,24,32,35H,1-4,8-9,11-16,20H2. The summed E-state index contributed by atoms with van der Waals surface area (Å²) in [6.45, 7) is 3.93. The molecule has 0 amide bonds. The summed E-state index contributed by atoms with van der Waals surface area (Å²) in [7, 11) is -3.66. The Hall–Kier alpha value is -3.15. The summed E-state index contributed by atoms with van der Waals surface area (Å²) in [5, 5.41) is 13.6. The topological polar surface area (TPSA) is 121 Å². The first-order chi connectivity index (χ1) is 19.5. The van der Waals surface area contributed by atoms with Gasteiger partial charge in [0.05, 0.1) is 24.2 Å². The van der Waals surface area contributed by atoms with Crippen LogP contribution in [0.4, 0.5) is 17.2 Å². The van der Waals surface area contributed by atoms with Crippen molar-refractivity contribution in [2.75, 3.05) is 59.7 Å². The third-order valence-corrected chi connectivity index (χ3v) is 9.45. The minimum absolute atomic E-state index is 0.221. The third-order valence-electron chi connectivity index (χ3n) is 8.18. The number of fused-ring (bicyclic) bond motifs is 5. The van der Waals surface area contributed by atoms with E-state index in [1.54, 1.807) is 6.07 Å². The van der Waals surface area contributed by atoms with Crippen LogP contribution in [0.15, 0.2) is 47.1 Å². The van der Waals surface area contributed by atoms with Gasteiger partial charge in [0.1, 0.15) is 11.5 Å². The fourth-order valence-corrected chi connectivity index (χ4v) is 6.93. The molecule has 10 nitrogen and oxygen atoms in total. The van der Waals surface area contributed by atoms with Crippen LogP contribution in [0, 0.1) is 5.92 Å². The second-order valence-corrected chi connectivity index (χ2v) is 12.9. The number of aromatic nitrogens is 2. The van der Waals surface area contributed by atoms with Gasteiger partial charge in [0.25, 0.3) is 0 Å². The molecule has 6 heterocycles. The van der Waals surface area contributed by atoms with Crippen molar-refractivity contribution in [2.45, 2.75) is 44.6 Å². The van der Waals surface area contributed by atoms with Gasteiger partial charge in [-0.3, -0.25) is 4.72 Å². The molecule has 4 aliphatic heterocycles. The maximum absolute atomic E-state index is 12.4. The zero-order valence-electron chi connectivity index (χ0n) is 22.7. The molecule has 7 rings (SSSR count). The zero-order chi connectivity index (χ0) is 27.5. The molecule has 2 fully saturated rings. The van der Waals surface area contributed by atoms with Gasteiger partial charge in [0.15, 0.2) is 5.76 Å². The fraction of sp³-hybridized carbons (Fsp3) is 0.517. The molecular weight excluding hydrogens is 530 g/mol. The molecule has 40 heavy (non-hydrogen) atoms. The summed E-state index contributed by atoms with van der Waals surface area (Å²) in [6, 6.07) is 11.4. The molecule has 2 aromatic heterocycles. The Morgan fingerprint density at radius 2 is 1.85 bits per heavy atom. The molecular formula is C29H37N5O5S. The van der Waals surface area contributed by atoms with Crippen molar-refractivity contribution in [3.05, 3.63) is 42.6 Å². The maximum Gasteiger partial charge on any atom is 0.234 e. The van der Waals surface area contributed by atoms with Crippen molar-refractivity contribution in [1.29, 1.82) is 0 Å². The number of piperidine rings is 2. The van der Waals surface area contributed by atoms with Crippen LogP contribution in [0.2, 0.25) is 0 Å². The van der Waals surface area contributed by atoms with Gasteiger partial charge in [-0.1, -0.05) is 5.16 Å². The van der Waals surface area contributed by atoms with Crippen LogP contribution in [-0.4, -0.2) is 74.9 Å². The lowest BCUT2D eigenvalue weighted by Crippen LogP contribution is -2.37. The molecule has 1 unspecified atom stereocenters. The number of ether oxygens (including phenoxy) is 1. The quantitative estimate of drug-likeness (QED) is 0.479. The second-order valence-electron chi connectivity index (χ2n) is 11.0. The number of benzene rings is 1. The van der Waals surface area contributed by atoms with Gasteiger partial charge >= 0.3 is 0 Å². The Bertz CT molecular complexity index is 1420. The van der Waals surface area contributed by atoms with E-state index < -0.39 is 16.6 Å². The first-order valence-electron chi connectivity index (χ1n) is 14.3. The predicted octanol–water partition coefficient (Wildman–Crippen LogP) is 4.13. The van der Waals surface area contributed by atoms with Crippen LogP contribution in [0.1, 0.15) is 38.5 Å². The Morgan fingerprint density at radius 3 is 2.70 bits per heavy atom. The minimum atomic E-state index is -3.66. The van der Waals surface area contributed by atoms with Crippen LogP contribution in [0.25, 0.3) is 22.6 Å². The lowest BCUT2D eigenvalue weighted by atomic mass is 9.93. The average molecular weight is 568 g/mol. The highest BCUT2D eigenvalue weighted by Gasteiger charge is 2.26. The number of nitrogens with one attached hydrogen (secondary N) is 1. The summed E-state index contributed by atoms with van der Waals surface area (Å²) in [5.41, 5.74) is 3.84. The van der Waals surface area contributed by atoms with Gasteiger partial charge in [-0.2, -0.15) is 0 Å². The highest BCUT2D eigenvalue weighted by Crippen LogP contribution is 2.38. The van der Waals surface area contributed by atoms with Crippen molar-refractivity contribution in [3.63, 3.8) is 0 Å². The van der Waals surface area contributed by atoms with E-state index >= 15 is 0 Å². The Morgan fingerprint density at radius 1 is 1.00 bits per heavy atom. The van der Waals surface area contributed by atoms with Crippen LogP contribution in [-0.2, 0) is 14.8 Å². The number of anilines is 3. The van der Waals surface area contributed by atoms with Crippen LogP contribution in [0.5, 0.6) is 0 Å². The third kappa shape index (κ3) is 6.11. The van der Waals surface area contributed by atoms with Crippen molar-refractivity contribution in [3.8, 4) is 22.6 Å². The Kier molecular flexibility index (Phi) is 7.95. The highest BCUT2D eigenvalue weighted by molar-refractivity contribution is 7.92. The molecule has 2 N–H and O–H groups in total. The number of hydrogen-bond donors (Lipinski definition) is 2. The zero-order valence-corrected chi connectivity index (χ0v) is 23.5. The smallest absolute Gasteiger partial charge is 0.234 e. The molecule has 8 bridgehead atoms. The van der Waals surface area contributed by atoms with Crippen molar-refractivity contribution in [1.82, 2.24) is 10.1 Å². The van der Waals surface area contributed by atoms with Gasteiger partial charge in [0, 0.05) is 61.9 Å². The largest absolute Gasteiger partial charge is 0.395 e. The molecule has 1 atom stereocenters. The summed E-state index contributed by atoms with van der Waals surface area (Å²) < 4.78 is 39.5. The van der Waals surface area contributed by atoms with Crippen molar-refractivity contribution < 1.29 is 22.8 Å². The van der Waals surface area contributed by atoms with Crippen molar-refractivity contribution in [2.24, 2.45) is 5.92 Å². The van der Waals surface area contributed by atoms with E-state index in [0.29, 0.717) is 17.4 Å². The summed E-state index contributed by atoms with van der Waals surface area (Å²) >= 11 is 0. The molecule has 0 spiro atoms. The molecule has 2 saturated heterocycles. The second kappa shape index (κ2) is 11.8. The Labute approximate surface area is 235 Å². The number of aliphatic hydroxyl groups excluding tert-OH is 1. The van der Waals surface area contributed by atoms with Gasteiger partial charge in [-0.15, -0.1) is 0 Å². The SMILES string of the molecule is O=S(=O)(CCO)Nc1ccc2c(c1)N1CCC(CC1)OCCCC1CCCN(C1)c1cc(ccn1)-c1cc-2on1. The van der Waals surface area contributed by atoms with Crippen LogP contribution < -0.4 is 14.5 Å². The first kappa shape index (κ1) is 27.0. The van der Waals surface area contributed by atoms with E-state index in [9.17, 15) is 8.42 Å². The molecule has 0 aliphatic carbocycles. The van der Waals surface area contributed by atoms with E-state index in [1.807, 2.05) is 30.5 Å². The van der Waals surface area contributed by atoms with Gasteiger partial charge < -0.3 is 24.2 Å². The first-order valence-corrected chi connectivity index (χ1v) is 15.9. The number of pyridine rings is 1. The predicted molar refractivity (Wildman–Crippen MR) is 155 cm³/mol. The number of aliphatic hydroxyl groups is 1. The summed E-state index contributed by atoms with van der Waals surface area (Å²) in [4.78, 5) is 9.32. The molecule has 1 aromatic carbocycles. The van der Waals surface area contributed by atoms with E-state index in [0.717, 1.165) is 86.8 Å². The monoisotopic (exact) mass is 567 g/mol. The highest BCUT2D eigenvalue weighted by atomic mass is 32.2. The van der Waals surface area contributed by atoms with Gasteiger partial charge in [-0.05, 0) is 74.8 Å². The molecule has 0 radical (unpaired) electrons. The van der Waals surface area contributed by atoms with E-state index in [4.69, 9.17) is 14.4 Å². The number of hydrogen-bond acceptors (Lipinski definition) is 9. The van der Waals surface area contributed by atoms with Gasteiger partial charge in [-0.25, -0.2) is 13.4 Å². The molecule has 11 heteroatoms. The molecule has 4 aliphatic rings. The number of nitrogens with zero attached hydrogens (tertiary/aromatic N) is 4. The van der Waals surface area contributed by atoms with Crippen LogP contribution in [0.3, 0.4) is 0 Å². The molecule has 0 saturated carbocycles. The lowest BCUT2D eigenvalue weighted by Gasteiger charge is -2.35. The number of sulfonamides is 1. The summed E-state index contributed by atoms with van der Waals surface area (Å²) in [5.74, 6) is 1.86. The van der Waals surface area contributed by atoms with Crippen LogP contribution >= 0.6 is 0 Å². The Balaban J connectivity index is 1.37. The fourth-order valence-electron chi connectivity index (χ4n) is 6.10. The number of rotatable bonds is 4. The van der Waals surface area contributed by atoms with E-state index in [1.165, 1.54) is 12.8 Å². The van der Waals surface area contributed by atoms with E-state index in [-0.39, 0.29) is 11.9 Å². The maximum atomic E-state index is 12.4. The lowest BCUT2D eigenvalue weighted by molar-refractivity contribution is 0.0330. The van der Waals surface area contributed by atoms with E-state index in [2.05, 4.69) is 30.7 Å². The molecule has 214 valence electrons. The van der Waals surface area contributed by atoms with Gasteiger partial charge in [0.2, 0.25) is 10.0 Å². The van der Waals surface area contributed by atoms with Crippen molar-refractivity contribution >= 4 is 27.2 Å². The molecule has 3 aromatic rings. The average Bonchev–Trinajstić information content (AvgIpc) is 3.46.